The number of aliphatic hydroxyl groups is 4. The van der Waals surface area contributed by atoms with Gasteiger partial charge >= 0.3 is 0 Å². The summed E-state index contributed by atoms with van der Waals surface area (Å²) < 4.78 is 6.15. The highest BCUT2D eigenvalue weighted by molar-refractivity contribution is 5.79. The molecule has 9 atom stereocenters. The number of ether oxygens (including phenoxy) is 1. The van der Waals surface area contributed by atoms with E-state index in [4.69, 9.17) is 20.4 Å². The summed E-state index contributed by atoms with van der Waals surface area (Å²) in [5, 5.41) is 47.4. The Morgan fingerprint density at radius 1 is 1.03 bits per heavy atom. The lowest BCUT2D eigenvalue weighted by Crippen LogP contribution is -2.86. The normalized spacial score (nSPS) is 48.9. The molecule has 3 unspecified atom stereocenters. The minimum absolute atomic E-state index is 0.156. The van der Waals surface area contributed by atoms with Gasteiger partial charge in [0.05, 0.1) is 41.2 Å². The quantitative estimate of drug-likeness (QED) is 0.375. The lowest BCUT2D eigenvalue weighted by molar-refractivity contribution is -0.449. The maximum absolute atomic E-state index is 12.3. The minimum atomic E-state index is -2.02. The van der Waals surface area contributed by atoms with Gasteiger partial charge in [-0.2, -0.15) is 0 Å². The number of anilines is 1. The number of nitrogen functional groups attached to an aromatic ring is 1. The number of fused-ring (bicyclic) bond motifs is 5. The third-order valence-electron chi connectivity index (χ3n) is 10.2. The van der Waals surface area contributed by atoms with Crippen molar-refractivity contribution in [1.82, 2.24) is 9.97 Å². The number of benzene rings is 1. The van der Waals surface area contributed by atoms with Crippen LogP contribution in [0.1, 0.15) is 56.8 Å². The molecule has 3 heterocycles. The molecule has 2 aromatic rings. The van der Waals surface area contributed by atoms with E-state index in [1.54, 1.807) is 12.1 Å². The second kappa shape index (κ2) is 5.86. The van der Waals surface area contributed by atoms with Gasteiger partial charge in [-0.1, -0.05) is 13.8 Å². The van der Waals surface area contributed by atoms with E-state index in [1.165, 1.54) is 0 Å². The molecule has 5 fully saturated rings. The Hall–Kier alpha value is -1.84. The number of rotatable bonds is 0. The molecule has 0 amide bonds. The van der Waals surface area contributed by atoms with Crippen LogP contribution >= 0.6 is 0 Å². The zero-order chi connectivity index (χ0) is 23.1. The Kier molecular flexibility index (Phi) is 3.64. The Morgan fingerprint density at radius 3 is 2.61 bits per heavy atom. The van der Waals surface area contributed by atoms with Crippen molar-refractivity contribution in [3.05, 3.63) is 29.6 Å². The van der Waals surface area contributed by atoms with Gasteiger partial charge in [0.15, 0.2) is 0 Å². The first-order valence-corrected chi connectivity index (χ1v) is 12.1. The summed E-state index contributed by atoms with van der Waals surface area (Å²) >= 11 is 0. The molecule has 1 aromatic carbocycles. The molecule has 0 radical (unpaired) electrons. The van der Waals surface area contributed by atoms with Gasteiger partial charge < -0.3 is 30.9 Å². The lowest BCUT2D eigenvalue weighted by atomic mass is 9.35. The van der Waals surface area contributed by atoms with E-state index in [2.05, 4.69) is 13.8 Å². The number of aliphatic hydroxyl groups excluding tert-OH is 3. The lowest BCUT2D eigenvalue weighted by Gasteiger charge is -2.75. The zero-order valence-corrected chi connectivity index (χ0v) is 18.9. The summed E-state index contributed by atoms with van der Waals surface area (Å²) in [6.45, 7) is 4.36. The molecular weight excluding hydrogens is 422 g/mol. The van der Waals surface area contributed by atoms with Gasteiger partial charge in [-0.15, -0.1) is 0 Å². The molecule has 4 bridgehead atoms. The van der Waals surface area contributed by atoms with Gasteiger partial charge in [-0.3, -0.25) is 0 Å². The molecule has 33 heavy (non-hydrogen) atoms. The van der Waals surface area contributed by atoms with Crippen LogP contribution in [0.2, 0.25) is 0 Å². The number of nitrogens with two attached hydrogens (primary N) is 1. The van der Waals surface area contributed by atoms with E-state index >= 15 is 0 Å². The van der Waals surface area contributed by atoms with Crippen LogP contribution in [0.5, 0.6) is 0 Å². The molecule has 8 rings (SSSR count). The fraction of sp³-hybridized carbons (Fsp3) is 0.680. The topological polar surface area (TPSA) is 142 Å². The monoisotopic (exact) mass is 453 g/mol. The molecule has 1 aromatic heterocycles. The van der Waals surface area contributed by atoms with Crippen molar-refractivity contribution in [3.63, 3.8) is 0 Å². The standard InChI is InChI=1S/C25H31N3O5/c1-22(2)8-7-16(29)23-10-33-25(32,21(31)18(22)23)24-15(23)6-4-12(20(24)30)17-19(24)28-14-9-11(26)3-5-13(14)27-17/h3,5,9,12,15-16,18,20-21,29-32H,4,6-8,10,26H2,1-2H3/t12-,15?,16-,18?,20+,21-,23+,24?,25-/m0/s1. The summed E-state index contributed by atoms with van der Waals surface area (Å²) in [4.78, 5) is 9.82. The fourth-order valence-electron chi connectivity index (χ4n) is 9.05. The van der Waals surface area contributed by atoms with Gasteiger partial charge in [-0.25, -0.2) is 9.97 Å². The third kappa shape index (κ3) is 1.97. The van der Waals surface area contributed by atoms with Crippen LogP contribution in [0.3, 0.4) is 0 Å². The summed E-state index contributed by atoms with van der Waals surface area (Å²) in [7, 11) is 0. The number of nitrogens with zero attached hydrogens (tertiary/aromatic N) is 2. The highest BCUT2D eigenvalue weighted by Gasteiger charge is 2.85. The van der Waals surface area contributed by atoms with Gasteiger partial charge in [0.2, 0.25) is 5.79 Å². The van der Waals surface area contributed by atoms with Crippen LogP contribution in [-0.4, -0.2) is 61.1 Å². The summed E-state index contributed by atoms with van der Waals surface area (Å²) in [6.07, 6.45) is -0.269. The van der Waals surface area contributed by atoms with Crippen LogP contribution in [-0.2, 0) is 10.2 Å². The first kappa shape index (κ1) is 20.5. The van der Waals surface area contributed by atoms with Crippen molar-refractivity contribution in [2.24, 2.45) is 22.7 Å². The average Bonchev–Trinajstić information content (AvgIpc) is 2.89. The molecule has 3 saturated carbocycles. The smallest absolute Gasteiger partial charge is 0.206 e. The average molecular weight is 454 g/mol. The maximum Gasteiger partial charge on any atom is 0.206 e. The van der Waals surface area contributed by atoms with Crippen molar-refractivity contribution in [2.75, 3.05) is 12.3 Å². The van der Waals surface area contributed by atoms with E-state index in [9.17, 15) is 20.4 Å². The maximum atomic E-state index is 12.3. The van der Waals surface area contributed by atoms with E-state index in [0.717, 1.165) is 6.42 Å². The number of hydrogen-bond acceptors (Lipinski definition) is 8. The molecule has 2 spiro atoms. The van der Waals surface area contributed by atoms with Gasteiger partial charge in [0.1, 0.15) is 11.5 Å². The molecule has 8 heteroatoms. The number of aromatic nitrogens is 2. The predicted molar refractivity (Wildman–Crippen MR) is 119 cm³/mol. The number of hydrogen-bond donors (Lipinski definition) is 5. The molecular formula is C25H31N3O5. The van der Waals surface area contributed by atoms with Crippen LogP contribution in [0.4, 0.5) is 5.69 Å². The molecule has 6 aliphatic rings. The first-order chi connectivity index (χ1) is 15.6. The molecule has 4 aliphatic carbocycles. The summed E-state index contributed by atoms with van der Waals surface area (Å²) in [6, 6.07) is 5.33. The van der Waals surface area contributed by atoms with Gasteiger partial charge in [0, 0.05) is 22.9 Å². The van der Waals surface area contributed by atoms with Crippen LogP contribution in [0, 0.1) is 22.7 Å². The van der Waals surface area contributed by atoms with E-state index in [1.807, 2.05) is 6.07 Å². The molecule has 8 nitrogen and oxygen atoms in total. The van der Waals surface area contributed by atoms with Gasteiger partial charge in [-0.05, 0) is 55.2 Å². The first-order valence-electron chi connectivity index (χ1n) is 12.1. The molecule has 6 N–H and O–H groups in total. The van der Waals surface area contributed by atoms with Crippen molar-refractivity contribution in [2.45, 2.75) is 75.0 Å². The van der Waals surface area contributed by atoms with Crippen LogP contribution < -0.4 is 5.73 Å². The van der Waals surface area contributed by atoms with E-state index < -0.39 is 34.9 Å². The van der Waals surface area contributed by atoms with E-state index in [-0.39, 0.29) is 29.8 Å². The van der Waals surface area contributed by atoms with Crippen LogP contribution in [0.15, 0.2) is 18.2 Å². The largest absolute Gasteiger partial charge is 0.399 e. The van der Waals surface area contributed by atoms with Crippen molar-refractivity contribution in [3.8, 4) is 0 Å². The summed E-state index contributed by atoms with van der Waals surface area (Å²) in [5.41, 5.74) is 6.54. The Bertz CT molecular complexity index is 1200. The molecule has 176 valence electrons. The summed E-state index contributed by atoms with van der Waals surface area (Å²) in [5.74, 6) is -3.00. The van der Waals surface area contributed by atoms with Crippen molar-refractivity contribution >= 4 is 16.7 Å². The van der Waals surface area contributed by atoms with Crippen molar-refractivity contribution < 1.29 is 25.2 Å². The minimum Gasteiger partial charge on any atom is -0.399 e. The SMILES string of the molecule is CC1(C)CC[C@H](O)[C@]23CO[C@@](O)([C@@H](O)C12)C12c4nc5cc(N)ccc5nc4[C@H](CCC13)[C@H]2O. The predicted octanol–water partition coefficient (Wildman–Crippen LogP) is 1.19. The second-order valence-corrected chi connectivity index (χ2v) is 11.8. The zero-order valence-electron chi connectivity index (χ0n) is 18.9. The fourth-order valence-corrected chi connectivity index (χ4v) is 9.05. The van der Waals surface area contributed by atoms with Crippen LogP contribution in [0.25, 0.3) is 11.0 Å². The second-order valence-electron chi connectivity index (χ2n) is 11.8. The highest BCUT2D eigenvalue weighted by Crippen LogP contribution is 2.76. The van der Waals surface area contributed by atoms with E-state index in [0.29, 0.717) is 47.4 Å². The molecule has 2 aliphatic heterocycles. The molecule has 2 saturated heterocycles. The van der Waals surface area contributed by atoms with Gasteiger partial charge in [0.25, 0.3) is 0 Å². The third-order valence-corrected chi connectivity index (χ3v) is 10.2. The van der Waals surface area contributed by atoms with Crippen molar-refractivity contribution in [1.29, 1.82) is 0 Å². The highest BCUT2D eigenvalue weighted by atomic mass is 16.6. The Balaban J connectivity index is 1.56. The Labute approximate surface area is 191 Å². The Morgan fingerprint density at radius 2 is 1.82 bits per heavy atom.